The molecule has 0 spiro atoms. The molecule has 4 heterocycles. The molecule has 4 rings (SSSR count). The first kappa shape index (κ1) is 18.9. The molecule has 4 atom stereocenters. The minimum absolute atomic E-state index is 0.106. The second kappa shape index (κ2) is 8.26. The van der Waals surface area contributed by atoms with Crippen molar-refractivity contribution in [2.75, 3.05) is 26.2 Å². The molecule has 0 unspecified atom stereocenters. The van der Waals surface area contributed by atoms with Crippen molar-refractivity contribution in [1.82, 2.24) is 25.8 Å². The van der Waals surface area contributed by atoms with Crippen LogP contribution < -0.4 is 16.0 Å². The number of nitrogens with one attached hydrogen (secondary N) is 3. The van der Waals surface area contributed by atoms with Crippen molar-refractivity contribution < 1.29 is 14.4 Å². The topological polar surface area (TPSA) is 103 Å². The summed E-state index contributed by atoms with van der Waals surface area (Å²) in [7, 11) is 0. The molecule has 3 amide bonds. The molecular weight excluding hydrogens is 358 g/mol. The number of carbonyl (C=O) groups is 3. The van der Waals surface area contributed by atoms with E-state index in [2.05, 4.69) is 20.9 Å². The molecule has 1 aromatic heterocycles. The number of nitrogens with zero attached hydrogens (tertiary/aromatic N) is 2. The van der Waals surface area contributed by atoms with Gasteiger partial charge in [0.25, 0.3) is 5.91 Å². The first-order valence-corrected chi connectivity index (χ1v) is 10.1. The predicted molar refractivity (Wildman–Crippen MR) is 102 cm³/mol. The zero-order chi connectivity index (χ0) is 19.5. The summed E-state index contributed by atoms with van der Waals surface area (Å²) < 4.78 is 0. The average molecular weight is 385 g/mol. The monoisotopic (exact) mass is 385 g/mol. The Labute approximate surface area is 164 Å². The van der Waals surface area contributed by atoms with E-state index in [1.165, 1.54) is 0 Å². The summed E-state index contributed by atoms with van der Waals surface area (Å²) in [6, 6.07) is 3.06. The van der Waals surface area contributed by atoms with Crippen LogP contribution in [0, 0.1) is 11.8 Å². The van der Waals surface area contributed by atoms with Crippen LogP contribution in [0.15, 0.2) is 24.5 Å². The molecule has 3 N–H and O–H groups in total. The van der Waals surface area contributed by atoms with Crippen LogP contribution in [0.5, 0.6) is 0 Å². The highest BCUT2D eigenvalue weighted by atomic mass is 16.2. The lowest BCUT2D eigenvalue weighted by atomic mass is 9.72. The Morgan fingerprint density at radius 1 is 1.14 bits per heavy atom. The quantitative estimate of drug-likeness (QED) is 0.615. The molecule has 0 aliphatic carbocycles. The van der Waals surface area contributed by atoms with Gasteiger partial charge in [-0.15, -0.1) is 0 Å². The fourth-order valence-corrected chi connectivity index (χ4v) is 4.92. The minimum Gasteiger partial charge on any atom is -0.353 e. The van der Waals surface area contributed by atoms with Crippen LogP contribution in [0.2, 0.25) is 0 Å². The lowest BCUT2D eigenvalue weighted by Gasteiger charge is -2.53. The van der Waals surface area contributed by atoms with Gasteiger partial charge in [-0.2, -0.15) is 0 Å². The molecule has 28 heavy (non-hydrogen) atoms. The Morgan fingerprint density at radius 3 is 2.71 bits per heavy atom. The first-order chi connectivity index (χ1) is 13.6. The van der Waals surface area contributed by atoms with Crippen molar-refractivity contribution in [3.63, 3.8) is 0 Å². The third kappa shape index (κ3) is 3.73. The fourth-order valence-electron chi connectivity index (χ4n) is 4.92. The second-order valence-corrected chi connectivity index (χ2v) is 7.90. The summed E-state index contributed by atoms with van der Waals surface area (Å²) in [6.45, 7) is 2.37. The summed E-state index contributed by atoms with van der Waals surface area (Å²) in [6.07, 6.45) is 6.56. The van der Waals surface area contributed by atoms with Crippen LogP contribution in [0.4, 0.5) is 0 Å². The van der Waals surface area contributed by atoms with Gasteiger partial charge in [0.05, 0.1) is 0 Å². The van der Waals surface area contributed by atoms with Crippen molar-refractivity contribution in [2.45, 2.75) is 37.8 Å². The largest absolute Gasteiger partial charge is 0.353 e. The SMILES string of the molecule is O=C(NCCNC(=O)[C@H]1[C@@H]2CNC[C@@H](C2)[C@@H]2CCCC(=O)N21)c1ccncc1. The summed E-state index contributed by atoms with van der Waals surface area (Å²) >= 11 is 0. The van der Waals surface area contributed by atoms with Crippen LogP contribution >= 0.6 is 0 Å². The third-order valence-electron chi connectivity index (χ3n) is 6.17. The van der Waals surface area contributed by atoms with E-state index in [9.17, 15) is 14.4 Å². The fraction of sp³-hybridized carbons (Fsp3) is 0.600. The second-order valence-electron chi connectivity index (χ2n) is 7.90. The van der Waals surface area contributed by atoms with Gasteiger partial charge >= 0.3 is 0 Å². The molecule has 150 valence electrons. The molecule has 3 fully saturated rings. The van der Waals surface area contributed by atoms with E-state index in [0.717, 1.165) is 32.4 Å². The van der Waals surface area contributed by atoms with Crippen LogP contribution in [-0.4, -0.2) is 65.9 Å². The maximum atomic E-state index is 13.0. The number of hydrogen-bond acceptors (Lipinski definition) is 5. The Kier molecular flexibility index (Phi) is 5.57. The molecule has 8 nitrogen and oxygen atoms in total. The number of carbonyl (C=O) groups excluding carboxylic acids is 3. The molecule has 3 aliphatic rings. The smallest absolute Gasteiger partial charge is 0.251 e. The van der Waals surface area contributed by atoms with Gasteiger partial charge in [-0.1, -0.05) is 0 Å². The van der Waals surface area contributed by atoms with Gasteiger partial charge in [0.15, 0.2) is 0 Å². The van der Waals surface area contributed by atoms with Gasteiger partial charge in [0.2, 0.25) is 11.8 Å². The standard InChI is InChI=1S/C20H27N5O3/c26-17-3-1-2-16-14-10-15(12-22-11-14)18(25(16)17)20(28)24-9-8-23-19(27)13-4-6-21-7-5-13/h4-7,14-16,18,22H,1-3,8-12H2,(H,23,27)(H,24,28)/t14-,15+,16+,18-/m1/s1. The summed E-state index contributed by atoms with van der Waals surface area (Å²) in [5.74, 6) is 0.416. The number of hydrogen-bond donors (Lipinski definition) is 3. The highest BCUT2D eigenvalue weighted by Gasteiger charge is 2.50. The molecule has 8 heteroatoms. The van der Waals surface area contributed by atoms with Crippen LogP contribution in [0.25, 0.3) is 0 Å². The third-order valence-corrected chi connectivity index (χ3v) is 6.17. The molecular formula is C20H27N5O3. The summed E-state index contributed by atoms with van der Waals surface area (Å²) in [4.78, 5) is 43.4. The zero-order valence-corrected chi connectivity index (χ0v) is 15.9. The highest BCUT2D eigenvalue weighted by Crippen LogP contribution is 2.39. The zero-order valence-electron chi connectivity index (χ0n) is 15.9. The van der Waals surface area contributed by atoms with Crippen LogP contribution in [0.3, 0.4) is 0 Å². The molecule has 2 bridgehead atoms. The van der Waals surface area contributed by atoms with Crippen molar-refractivity contribution in [3.8, 4) is 0 Å². The Morgan fingerprint density at radius 2 is 1.89 bits per heavy atom. The number of pyridine rings is 1. The minimum atomic E-state index is -0.405. The first-order valence-electron chi connectivity index (χ1n) is 10.1. The van der Waals surface area contributed by atoms with Crippen LogP contribution in [0.1, 0.15) is 36.0 Å². The number of aromatic nitrogens is 1. The Hall–Kier alpha value is -2.48. The highest BCUT2D eigenvalue weighted by molar-refractivity contribution is 5.94. The van der Waals surface area contributed by atoms with E-state index >= 15 is 0 Å². The van der Waals surface area contributed by atoms with E-state index in [4.69, 9.17) is 0 Å². The van der Waals surface area contributed by atoms with Crippen molar-refractivity contribution in [3.05, 3.63) is 30.1 Å². The lowest BCUT2D eigenvalue weighted by molar-refractivity contribution is -0.157. The van der Waals surface area contributed by atoms with E-state index in [0.29, 0.717) is 31.0 Å². The number of piperidine rings is 3. The van der Waals surface area contributed by atoms with Gasteiger partial charge < -0.3 is 20.9 Å². The number of rotatable bonds is 5. The lowest BCUT2D eigenvalue weighted by Crippen LogP contribution is -2.68. The Bertz CT molecular complexity index is 741. The van der Waals surface area contributed by atoms with E-state index < -0.39 is 6.04 Å². The summed E-state index contributed by atoms with van der Waals surface area (Å²) in [5, 5.41) is 9.16. The molecule has 0 aromatic carbocycles. The Balaban J connectivity index is 1.34. The predicted octanol–water partition coefficient (Wildman–Crippen LogP) is -0.0834. The average Bonchev–Trinajstić information content (AvgIpc) is 2.73. The van der Waals surface area contributed by atoms with Gasteiger partial charge in [-0.05, 0) is 43.9 Å². The molecule has 1 aromatic rings. The normalized spacial score (nSPS) is 29.0. The maximum Gasteiger partial charge on any atom is 0.251 e. The van der Waals surface area contributed by atoms with Crippen molar-refractivity contribution >= 4 is 17.7 Å². The maximum absolute atomic E-state index is 13.0. The van der Waals surface area contributed by atoms with E-state index in [1.807, 2.05) is 4.90 Å². The summed E-state index contributed by atoms with van der Waals surface area (Å²) in [5.41, 5.74) is 0.537. The van der Waals surface area contributed by atoms with E-state index in [-0.39, 0.29) is 29.7 Å². The van der Waals surface area contributed by atoms with Gasteiger partial charge in [-0.3, -0.25) is 19.4 Å². The number of amides is 3. The number of fused-ring (bicyclic) bond motifs is 4. The molecule has 0 radical (unpaired) electrons. The van der Waals surface area contributed by atoms with Gasteiger partial charge in [0.1, 0.15) is 6.04 Å². The molecule has 3 aliphatic heterocycles. The van der Waals surface area contributed by atoms with Crippen molar-refractivity contribution in [1.29, 1.82) is 0 Å². The molecule has 3 saturated heterocycles. The van der Waals surface area contributed by atoms with Crippen LogP contribution in [-0.2, 0) is 9.59 Å². The van der Waals surface area contributed by atoms with Gasteiger partial charge in [-0.25, -0.2) is 0 Å². The van der Waals surface area contributed by atoms with Crippen molar-refractivity contribution in [2.24, 2.45) is 11.8 Å². The van der Waals surface area contributed by atoms with E-state index in [1.54, 1.807) is 24.5 Å². The van der Waals surface area contributed by atoms with Gasteiger partial charge in [0, 0.05) is 56.0 Å². The molecule has 0 saturated carbocycles.